The average molecular weight is 168 g/mol. The Balaban J connectivity index is 0.000000810. The molecule has 0 bridgehead atoms. The summed E-state index contributed by atoms with van der Waals surface area (Å²) in [4.78, 5) is 0. The molecule has 1 N–H and O–H groups in total. The van der Waals surface area contributed by atoms with Crippen molar-refractivity contribution in [3.63, 3.8) is 0 Å². The van der Waals surface area contributed by atoms with Crippen LogP contribution in [-0.2, 0) is 4.74 Å². The number of ether oxygens (including phenoxy) is 1. The molecule has 1 aliphatic heterocycles. The Kier molecular flexibility index (Phi) is 4.99. The first kappa shape index (κ1) is 10.2. The zero-order valence-electron chi connectivity index (χ0n) is 6.12. The average Bonchev–Trinajstić information content (AvgIpc) is 2.17. The van der Waals surface area contributed by atoms with Crippen molar-refractivity contribution in [2.45, 2.75) is 6.42 Å². The van der Waals surface area contributed by atoms with Gasteiger partial charge in [0.25, 0.3) is 0 Å². The molecule has 1 fully saturated rings. The molecule has 1 atom stereocenters. The summed E-state index contributed by atoms with van der Waals surface area (Å²) in [6.07, 6.45) is 1.06. The summed E-state index contributed by atoms with van der Waals surface area (Å²) >= 11 is 0. The predicted molar refractivity (Wildman–Crippen MR) is 40.6 cm³/mol. The van der Waals surface area contributed by atoms with Gasteiger partial charge in [0.05, 0.1) is 6.61 Å². The highest BCUT2D eigenvalue weighted by Gasteiger charge is 2.19. The molecule has 1 heterocycles. The second-order valence-corrected chi connectivity index (χ2v) is 2.52. The van der Waals surface area contributed by atoms with Gasteiger partial charge < -0.3 is 9.94 Å². The second kappa shape index (κ2) is 4.91. The largest absolute Gasteiger partial charge is 0.384 e. The lowest BCUT2D eigenvalue weighted by Crippen LogP contribution is -2.16. The van der Waals surface area contributed by atoms with Crippen LogP contribution < -0.4 is 0 Å². The van der Waals surface area contributed by atoms with E-state index in [4.69, 9.17) is 9.94 Å². The van der Waals surface area contributed by atoms with E-state index in [1.807, 2.05) is 0 Å². The molecule has 0 aromatic rings. The lowest BCUT2D eigenvalue weighted by atomic mass is 10.1. The van der Waals surface area contributed by atoms with E-state index in [2.05, 4.69) is 0 Å². The third-order valence-electron chi connectivity index (χ3n) is 1.67. The van der Waals surface area contributed by atoms with Crippen LogP contribution >= 0.6 is 12.4 Å². The van der Waals surface area contributed by atoms with Gasteiger partial charge in [-0.05, 0) is 12.3 Å². The van der Waals surface area contributed by atoms with Crippen LogP contribution in [0.4, 0.5) is 0 Å². The highest BCUT2D eigenvalue weighted by Crippen LogP contribution is 2.13. The molecule has 10 heavy (non-hydrogen) atoms. The van der Waals surface area contributed by atoms with Gasteiger partial charge in [0.15, 0.2) is 0 Å². The van der Waals surface area contributed by atoms with Crippen LogP contribution in [0.5, 0.6) is 0 Å². The first-order valence-electron chi connectivity index (χ1n) is 3.25. The molecule has 62 valence electrons. The van der Waals surface area contributed by atoms with E-state index in [1.165, 1.54) is 5.06 Å². The molecule has 1 rings (SSSR count). The van der Waals surface area contributed by atoms with Crippen molar-refractivity contribution in [3.05, 3.63) is 0 Å². The van der Waals surface area contributed by atoms with Crippen LogP contribution in [0.2, 0.25) is 0 Å². The molecule has 1 unspecified atom stereocenters. The van der Waals surface area contributed by atoms with E-state index in [-0.39, 0.29) is 12.4 Å². The first-order chi connectivity index (χ1) is 4.33. The van der Waals surface area contributed by atoms with Crippen molar-refractivity contribution >= 4 is 12.4 Å². The van der Waals surface area contributed by atoms with Gasteiger partial charge in [0.1, 0.15) is 0 Å². The van der Waals surface area contributed by atoms with Crippen LogP contribution in [0, 0.1) is 5.92 Å². The van der Waals surface area contributed by atoms with Crippen LogP contribution in [-0.4, -0.2) is 37.1 Å². The molecule has 1 saturated heterocycles. The highest BCUT2D eigenvalue weighted by molar-refractivity contribution is 5.85. The van der Waals surface area contributed by atoms with Gasteiger partial charge in [-0.2, -0.15) is 5.06 Å². The highest BCUT2D eigenvalue weighted by atomic mass is 35.5. The normalized spacial score (nSPS) is 26.4. The van der Waals surface area contributed by atoms with Crippen molar-refractivity contribution in [3.8, 4) is 0 Å². The van der Waals surface area contributed by atoms with Crippen LogP contribution in [0.15, 0.2) is 0 Å². The predicted octanol–water partition coefficient (Wildman–Crippen LogP) is 0.766. The minimum Gasteiger partial charge on any atom is -0.384 e. The summed E-state index contributed by atoms with van der Waals surface area (Å²) in [7, 11) is 1.69. The van der Waals surface area contributed by atoms with Crippen molar-refractivity contribution in [2.75, 3.05) is 26.8 Å². The summed E-state index contributed by atoms with van der Waals surface area (Å²) in [6.45, 7) is 2.35. The smallest absolute Gasteiger partial charge is 0.0504 e. The Labute approximate surface area is 67.3 Å². The molecule has 0 saturated carbocycles. The minimum atomic E-state index is 0. The van der Waals surface area contributed by atoms with Crippen molar-refractivity contribution in [2.24, 2.45) is 5.92 Å². The number of nitrogens with zero attached hydrogens (tertiary/aromatic N) is 1. The Morgan fingerprint density at radius 2 is 2.40 bits per heavy atom. The molecule has 0 aromatic carbocycles. The standard InChI is InChI=1S/C6H13NO2.ClH/c1-9-5-6-2-3-7(8)4-6;/h6,8H,2-5H2,1H3;1H. The number of rotatable bonds is 2. The van der Waals surface area contributed by atoms with Gasteiger partial charge >= 0.3 is 0 Å². The van der Waals surface area contributed by atoms with Crippen molar-refractivity contribution in [1.29, 1.82) is 0 Å². The summed E-state index contributed by atoms with van der Waals surface area (Å²) in [5, 5.41) is 10.3. The molecule has 4 heteroatoms. The maximum Gasteiger partial charge on any atom is 0.0504 e. The lowest BCUT2D eigenvalue weighted by molar-refractivity contribution is -0.0732. The first-order valence-corrected chi connectivity index (χ1v) is 3.25. The lowest BCUT2D eigenvalue weighted by Gasteiger charge is -2.06. The Morgan fingerprint density at radius 3 is 2.80 bits per heavy atom. The van der Waals surface area contributed by atoms with E-state index in [1.54, 1.807) is 7.11 Å². The molecule has 0 radical (unpaired) electrons. The number of halogens is 1. The molecule has 0 spiro atoms. The van der Waals surface area contributed by atoms with Crippen molar-refractivity contribution in [1.82, 2.24) is 5.06 Å². The summed E-state index contributed by atoms with van der Waals surface area (Å²) in [5.41, 5.74) is 0. The van der Waals surface area contributed by atoms with Crippen LogP contribution in [0.3, 0.4) is 0 Å². The number of hydrogen-bond acceptors (Lipinski definition) is 3. The van der Waals surface area contributed by atoms with E-state index in [0.29, 0.717) is 5.92 Å². The Morgan fingerprint density at radius 1 is 1.70 bits per heavy atom. The van der Waals surface area contributed by atoms with E-state index in [0.717, 1.165) is 26.1 Å². The zero-order valence-corrected chi connectivity index (χ0v) is 6.93. The summed E-state index contributed by atoms with van der Waals surface area (Å²) in [6, 6.07) is 0. The quantitative estimate of drug-likeness (QED) is 0.660. The van der Waals surface area contributed by atoms with E-state index < -0.39 is 0 Å². The maximum atomic E-state index is 8.90. The molecule has 3 nitrogen and oxygen atoms in total. The molecule has 1 aliphatic rings. The van der Waals surface area contributed by atoms with Gasteiger partial charge in [-0.25, -0.2) is 0 Å². The summed E-state index contributed by atoms with van der Waals surface area (Å²) in [5.74, 6) is 0.542. The van der Waals surface area contributed by atoms with Crippen LogP contribution in [0.25, 0.3) is 0 Å². The van der Waals surface area contributed by atoms with Gasteiger partial charge in [-0.3, -0.25) is 0 Å². The molecule has 0 amide bonds. The fourth-order valence-electron chi connectivity index (χ4n) is 1.18. The second-order valence-electron chi connectivity index (χ2n) is 2.52. The van der Waals surface area contributed by atoms with Gasteiger partial charge in [0, 0.05) is 20.2 Å². The molecule has 0 aliphatic carbocycles. The maximum absolute atomic E-state index is 8.90. The van der Waals surface area contributed by atoms with Gasteiger partial charge in [-0.1, -0.05) is 0 Å². The number of methoxy groups -OCH3 is 1. The minimum absolute atomic E-state index is 0. The fourth-order valence-corrected chi connectivity index (χ4v) is 1.18. The molecule has 0 aromatic heterocycles. The van der Waals surface area contributed by atoms with Crippen LogP contribution in [0.1, 0.15) is 6.42 Å². The molecular formula is C6H14ClNO2. The molecular weight excluding hydrogens is 154 g/mol. The van der Waals surface area contributed by atoms with E-state index in [9.17, 15) is 0 Å². The monoisotopic (exact) mass is 167 g/mol. The number of hydrogen-bond donors (Lipinski definition) is 1. The fraction of sp³-hybridized carbons (Fsp3) is 1.00. The number of hydroxylamine groups is 2. The summed E-state index contributed by atoms with van der Waals surface area (Å²) < 4.78 is 4.94. The zero-order chi connectivity index (χ0) is 6.69. The Bertz CT molecular complexity index is 89.8. The third kappa shape index (κ3) is 2.84. The van der Waals surface area contributed by atoms with E-state index >= 15 is 0 Å². The topological polar surface area (TPSA) is 32.7 Å². The van der Waals surface area contributed by atoms with Gasteiger partial charge in [0.2, 0.25) is 0 Å². The Hall–Kier alpha value is 0.170. The SMILES string of the molecule is COCC1CCN(O)C1.Cl. The third-order valence-corrected chi connectivity index (χ3v) is 1.67. The van der Waals surface area contributed by atoms with Gasteiger partial charge in [-0.15, -0.1) is 12.4 Å². The van der Waals surface area contributed by atoms with Crippen molar-refractivity contribution < 1.29 is 9.94 Å².